The number of hydrogen-bond donors (Lipinski definition) is 1. The molecule has 1 aromatic heterocycles. The summed E-state index contributed by atoms with van der Waals surface area (Å²) in [6.07, 6.45) is 2.79. The van der Waals surface area contributed by atoms with Crippen LogP contribution in [0.1, 0.15) is 25.8 Å². The Labute approximate surface area is 147 Å². The molecular formula is C17H26N4O4. The fraction of sp³-hybridized carbons (Fsp3) is 0.706. The summed E-state index contributed by atoms with van der Waals surface area (Å²) in [5, 5.41) is 9.64. The number of rotatable bonds is 5. The number of carboxylic acids is 1. The van der Waals surface area contributed by atoms with Crippen LogP contribution in [0.2, 0.25) is 0 Å². The summed E-state index contributed by atoms with van der Waals surface area (Å²) in [5.74, 6) is 0.437. The lowest BCUT2D eigenvalue weighted by Gasteiger charge is -2.33. The predicted octanol–water partition coefficient (Wildman–Crippen LogP) is 0.901. The molecule has 2 aliphatic rings. The van der Waals surface area contributed by atoms with Crippen molar-refractivity contribution in [3.05, 3.63) is 11.8 Å². The van der Waals surface area contributed by atoms with Crippen LogP contribution in [0.25, 0.3) is 0 Å². The molecule has 0 aromatic carbocycles. The average Bonchev–Trinajstić information content (AvgIpc) is 3.11. The molecule has 138 valence electrons. The Balaban J connectivity index is 1.97. The summed E-state index contributed by atoms with van der Waals surface area (Å²) in [6.45, 7) is 7.58. The van der Waals surface area contributed by atoms with E-state index in [1.54, 1.807) is 27.2 Å². The van der Waals surface area contributed by atoms with Gasteiger partial charge in [-0.2, -0.15) is 4.98 Å². The molecule has 0 spiro atoms. The van der Waals surface area contributed by atoms with E-state index in [2.05, 4.69) is 14.8 Å². The number of hydrogen-bond acceptors (Lipinski definition) is 7. The normalized spacial score (nSPS) is 21.6. The zero-order chi connectivity index (χ0) is 18.0. The van der Waals surface area contributed by atoms with E-state index in [9.17, 15) is 9.90 Å². The second-order valence-corrected chi connectivity index (χ2v) is 7.03. The van der Waals surface area contributed by atoms with Gasteiger partial charge in [-0.05, 0) is 20.3 Å². The summed E-state index contributed by atoms with van der Waals surface area (Å²) in [7, 11) is 1.71. The van der Waals surface area contributed by atoms with Crippen LogP contribution in [0.3, 0.4) is 0 Å². The number of methoxy groups -OCH3 is 1. The highest BCUT2D eigenvalue weighted by Gasteiger charge is 2.36. The van der Waals surface area contributed by atoms with Gasteiger partial charge in [0.1, 0.15) is 5.82 Å². The van der Waals surface area contributed by atoms with E-state index in [1.807, 2.05) is 0 Å². The summed E-state index contributed by atoms with van der Waals surface area (Å²) in [4.78, 5) is 25.2. The van der Waals surface area contributed by atoms with Gasteiger partial charge in [-0.25, -0.2) is 4.98 Å². The summed E-state index contributed by atoms with van der Waals surface area (Å²) in [5.41, 5.74) is -0.431. The third-order valence-electron chi connectivity index (χ3n) is 5.04. The topological polar surface area (TPSA) is 88.0 Å². The first-order valence-corrected chi connectivity index (χ1v) is 8.65. The van der Waals surface area contributed by atoms with Crippen molar-refractivity contribution in [2.45, 2.75) is 31.8 Å². The maximum Gasteiger partial charge on any atom is 0.313 e. The maximum absolute atomic E-state index is 11.8. The minimum absolute atomic E-state index is 0.186. The standard InChI is InChI=1S/C17H26N4O4/c1-17(2,15(22)23)13-10-18-16(21-5-4-12(11-21)24-3)19-14(13)20-6-8-25-9-7-20/h10,12H,4-9,11H2,1-3H3,(H,22,23). The molecule has 1 aromatic rings. The van der Waals surface area contributed by atoms with Crippen molar-refractivity contribution in [2.75, 3.05) is 56.3 Å². The highest BCUT2D eigenvalue weighted by molar-refractivity contribution is 5.82. The van der Waals surface area contributed by atoms with Gasteiger partial charge in [0.15, 0.2) is 0 Å². The minimum Gasteiger partial charge on any atom is -0.481 e. The third kappa shape index (κ3) is 3.55. The molecule has 0 bridgehead atoms. The van der Waals surface area contributed by atoms with Crippen LogP contribution in [0.5, 0.6) is 0 Å². The number of aliphatic carboxylic acids is 1. The monoisotopic (exact) mass is 350 g/mol. The average molecular weight is 350 g/mol. The van der Waals surface area contributed by atoms with Gasteiger partial charge in [0.2, 0.25) is 5.95 Å². The molecule has 25 heavy (non-hydrogen) atoms. The third-order valence-corrected chi connectivity index (χ3v) is 5.04. The SMILES string of the molecule is COC1CCN(c2ncc(C(C)(C)C(=O)O)c(N3CCOCC3)n2)C1. The Morgan fingerprint density at radius 2 is 2.04 bits per heavy atom. The fourth-order valence-electron chi connectivity index (χ4n) is 3.19. The molecule has 8 nitrogen and oxygen atoms in total. The van der Waals surface area contributed by atoms with Crippen LogP contribution in [0.15, 0.2) is 6.20 Å². The smallest absolute Gasteiger partial charge is 0.313 e. The fourth-order valence-corrected chi connectivity index (χ4v) is 3.19. The van der Waals surface area contributed by atoms with E-state index in [4.69, 9.17) is 14.5 Å². The van der Waals surface area contributed by atoms with E-state index < -0.39 is 11.4 Å². The van der Waals surface area contributed by atoms with Gasteiger partial charge in [0, 0.05) is 45.0 Å². The first-order valence-electron chi connectivity index (χ1n) is 8.65. The highest BCUT2D eigenvalue weighted by atomic mass is 16.5. The molecule has 1 N–H and O–H groups in total. The van der Waals surface area contributed by atoms with Crippen molar-refractivity contribution < 1.29 is 19.4 Å². The number of carboxylic acid groups (broad SMARTS) is 1. The number of ether oxygens (including phenoxy) is 2. The van der Waals surface area contributed by atoms with Crippen molar-refractivity contribution in [2.24, 2.45) is 0 Å². The Bertz CT molecular complexity index is 631. The number of aromatic nitrogens is 2. The number of morpholine rings is 1. The molecule has 0 radical (unpaired) electrons. The van der Waals surface area contributed by atoms with Crippen molar-refractivity contribution in [1.82, 2.24) is 9.97 Å². The molecule has 1 unspecified atom stereocenters. The van der Waals surface area contributed by atoms with Gasteiger partial charge in [-0.15, -0.1) is 0 Å². The van der Waals surface area contributed by atoms with Crippen molar-refractivity contribution in [3.8, 4) is 0 Å². The van der Waals surface area contributed by atoms with E-state index in [0.29, 0.717) is 43.6 Å². The first kappa shape index (κ1) is 17.9. The number of nitrogens with zero attached hydrogens (tertiary/aromatic N) is 4. The largest absolute Gasteiger partial charge is 0.481 e. The van der Waals surface area contributed by atoms with Gasteiger partial charge in [0.25, 0.3) is 0 Å². The second-order valence-electron chi connectivity index (χ2n) is 7.03. The van der Waals surface area contributed by atoms with Gasteiger partial charge in [-0.1, -0.05) is 0 Å². The molecule has 0 saturated carbocycles. The zero-order valence-electron chi connectivity index (χ0n) is 15.1. The predicted molar refractivity (Wildman–Crippen MR) is 93.4 cm³/mol. The lowest BCUT2D eigenvalue weighted by molar-refractivity contribution is -0.142. The zero-order valence-corrected chi connectivity index (χ0v) is 15.1. The van der Waals surface area contributed by atoms with E-state index in [0.717, 1.165) is 19.5 Å². The molecule has 8 heteroatoms. The van der Waals surface area contributed by atoms with Gasteiger partial charge in [0.05, 0.1) is 24.7 Å². The lowest BCUT2D eigenvalue weighted by atomic mass is 9.85. The van der Waals surface area contributed by atoms with Crippen molar-refractivity contribution >= 4 is 17.7 Å². The molecule has 2 fully saturated rings. The van der Waals surface area contributed by atoms with Gasteiger partial charge >= 0.3 is 5.97 Å². The van der Waals surface area contributed by atoms with Crippen molar-refractivity contribution in [3.63, 3.8) is 0 Å². The second kappa shape index (κ2) is 7.13. The minimum atomic E-state index is -1.06. The van der Waals surface area contributed by atoms with Crippen LogP contribution in [0.4, 0.5) is 11.8 Å². The Kier molecular flexibility index (Phi) is 5.10. The van der Waals surface area contributed by atoms with Crippen LogP contribution in [-0.4, -0.2) is 73.7 Å². The van der Waals surface area contributed by atoms with Crippen LogP contribution in [0, 0.1) is 0 Å². The van der Waals surface area contributed by atoms with Crippen LogP contribution >= 0.6 is 0 Å². The Morgan fingerprint density at radius 1 is 1.32 bits per heavy atom. The van der Waals surface area contributed by atoms with Crippen molar-refractivity contribution in [1.29, 1.82) is 0 Å². The molecule has 0 amide bonds. The molecule has 0 aliphatic carbocycles. The molecular weight excluding hydrogens is 324 g/mol. The van der Waals surface area contributed by atoms with Gasteiger partial charge < -0.3 is 24.4 Å². The maximum atomic E-state index is 11.8. The molecule has 3 heterocycles. The number of anilines is 2. The van der Waals surface area contributed by atoms with Gasteiger partial charge in [-0.3, -0.25) is 4.79 Å². The molecule has 2 saturated heterocycles. The van der Waals surface area contributed by atoms with Crippen LogP contribution in [-0.2, 0) is 19.7 Å². The molecule has 3 rings (SSSR count). The Morgan fingerprint density at radius 3 is 2.64 bits per heavy atom. The molecule has 2 aliphatic heterocycles. The summed E-state index contributed by atoms with van der Waals surface area (Å²) in [6, 6.07) is 0. The highest BCUT2D eigenvalue weighted by Crippen LogP contribution is 2.33. The van der Waals surface area contributed by atoms with Crippen LogP contribution < -0.4 is 9.80 Å². The first-order chi connectivity index (χ1) is 11.9. The van der Waals surface area contributed by atoms with E-state index in [-0.39, 0.29) is 6.10 Å². The summed E-state index contributed by atoms with van der Waals surface area (Å²) < 4.78 is 10.8. The van der Waals surface area contributed by atoms with E-state index >= 15 is 0 Å². The lowest BCUT2D eigenvalue weighted by Crippen LogP contribution is -2.40. The molecule has 1 atom stereocenters. The Hall–Kier alpha value is -1.93. The van der Waals surface area contributed by atoms with E-state index in [1.165, 1.54) is 0 Å². The quantitative estimate of drug-likeness (QED) is 0.838. The summed E-state index contributed by atoms with van der Waals surface area (Å²) >= 11 is 0. The number of carbonyl (C=O) groups is 1.